The van der Waals surface area contributed by atoms with Crippen LogP contribution in [0.4, 0.5) is 11.4 Å². The van der Waals surface area contributed by atoms with Crippen LogP contribution < -0.4 is 24.8 Å². The van der Waals surface area contributed by atoms with E-state index in [1.807, 2.05) is 66.7 Å². The summed E-state index contributed by atoms with van der Waals surface area (Å²) in [6, 6.07) is 28.9. The van der Waals surface area contributed by atoms with E-state index in [9.17, 15) is 4.79 Å². The third-order valence-corrected chi connectivity index (χ3v) is 6.65. The van der Waals surface area contributed by atoms with Crippen molar-refractivity contribution in [1.82, 2.24) is 5.32 Å². The normalized spacial score (nSPS) is 10.5. The number of rotatable bonds is 11. The molecule has 6 nitrogen and oxygen atoms in total. The molecule has 0 aliphatic carbocycles. The number of anilines is 2. The van der Waals surface area contributed by atoms with Crippen molar-refractivity contribution in [1.29, 1.82) is 0 Å². The molecule has 37 heavy (non-hydrogen) atoms. The highest BCUT2D eigenvalue weighted by Crippen LogP contribution is 2.35. The molecule has 0 bridgehead atoms. The van der Waals surface area contributed by atoms with Crippen LogP contribution in [0, 0.1) is 0 Å². The average Bonchev–Trinajstić information content (AvgIpc) is 2.94. The molecule has 0 heterocycles. The summed E-state index contributed by atoms with van der Waals surface area (Å²) in [6.45, 7) is 1.07. The average molecular weight is 534 g/mol. The number of amides is 1. The number of carbonyl (C=O) groups is 1. The quantitative estimate of drug-likeness (QED) is 0.143. The second-order valence-electron chi connectivity index (χ2n) is 8.08. The zero-order valence-corrected chi connectivity index (χ0v) is 22.2. The topological polar surface area (TPSA) is 71.6 Å². The lowest BCUT2D eigenvalue weighted by Gasteiger charge is -2.13. The van der Waals surface area contributed by atoms with Gasteiger partial charge < -0.3 is 24.8 Å². The van der Waals surface area contributed by atoms with E-state index in [0.29, 0.717) is 29.4 Å². The first-order valence-corrected chi connectivity index (χ1v) is 12.9. The van der Waals surface area contributed by atoms with Crippen LogP contribution in [0.5, 0.6) is 11.5 Å². The zero-order valence-electron chi connectivity index (χ0n) is 20.6. The van der Waals surface area contributed by atoms with Crippen LogP contribution in [0.25, 0.3) is 11.1 Å². The van der Waals surface area contributed by atoms with E-state index in [1.165, 1.54) is 11.9 Å². The molecular formula is C29H28ClN3O3S. The van der Waals surface area contributed by atoms with Crippen molar-refractivity contribution in [2.75, 3.05) is 37.3 Å². The Morgan fingerprint density at radius 3 is 2.41 bits per heavy atom. The van der Waals surface area contributed by atoms with Crippen LogP contribution >= 0.6 is 23.5 Å². The van der Waals surface area contributed by atoms with E-state index >= 15 is 0 Å². The van der Waals surface area contributed by atoms with E-state index in [4.69, 9.17) is 21.1 Å². The summed E-state index contributed by atoms with van der Waals surface area (Å²) in [5.74, 6) is 1.30. The summed E-state index contributed by atoms with van der Waals surface area (Å²) in [6.07, 6.45) is 0. The number of hydrogen-bond acceptors (Lipinski definition) is 6. The molecule has 0 fully saturated rings. The number of halogens is 1. The number of benzene rings is 4. The van der Waals surface area contributed by atoms with Crippen molar-refractivity contribution < 1.29 is 14.3 Å². The van der Waals surface area contributed by atoms with Crippen molar-refractivity contribution in [3.63, 3.8) is 0 Å². The van der Waals surface area contributed by atoms with Gasteiger partial charge in [-0.1, -0.05) is 41.9 Å². The molecule has 4 aromatic rings. The van der Waals surface area contributed by atoms with Gasteiger partial charge in [-0.2, -0.15) is 0 Å². The predicted octanol–water partition coefficient (Wildman–Crippen LogP) is 6.99. The summed E-state index contributed by atoms with van der Waals surface area (Å²) < 4.78 is 14.1. The third-order valence-electron chi connectivity index (χ3n) is 5.53. The van der Waals surface area contributed by atoms with Gasteiger partial charge in [0.05, 0.1) is 19.1 Å². The van der Waals surface area contributed by atoms with Crippen LogP contribution in [0.15, 0.2) is 95.9 Å². The Morgan fingerprint density at radius 2 is 1.59 bits per heavy atom. The molecule has 3 N–H and O–H groups in total. The first-order valence-electron chi connectivity index (χ1n) is 11.7. The molecule has 0 saturated carbocycles. The molecule has 4 rings (SSSR count). The smallest absolute Gasteiger partial charge is 0.251 e. The summed E-state index contributed by atoms with van der Waals surface area (Å²) >= 11 is 7.65. The molecule has 8 heteroatoms. The van der Waals surface area contributed by atoms with Crippen LogP contribution in [0.1, 0.15) is 10.4 Å². The molecule has 0 aliphatic heterocycles. The molecule has 0 atom stereocenters. The largest absolute Gasteiger partial charge is 0.497 e. The SMILES string of the molecule is COc1cccc(C(=O)NCCNc2cccc(NSc3cc(-c4cccc(Cl)c4)ccc3OC)c2)c1. The van der Waals surface area contributed by atoms with Crippen molar-refractivity contribution in [2.24, 2.45) is 0 Å². The van der Waals surface area contributed by atoms with Crippen molar-refractivity contribution in [3.05, 3.63) is 102 Å². The fourth-order valence-corrected chi connectivity index (χ4v) is 4.64. The molecule has 0 aromatic heterocycles. The number of nitrogens with one attached hydrogen (secondary N) is 3. The second kappa shape index (κ2) is 12.9. The highest BCUT2D eigenvalue weighted by Gasteiger charge is 2.09. The summed E-state index contributed by atoms with van der Waals surface area (Å²) in [7, 11) is 3.24. The maximum absolute atomic E-state index is 12.4. The van der Waals surface area contributed by atoms with Crippen molar-refractivity contribution in [2.45, 2.75) is 4.90 Å². The molecular weight excluding hydrogens is 506 g/mol. The van der Waals surface area contributed by atoms with Crippen LogP contribution in [0.2, 0.25) is 5.02 Å². The molecule has 190 valence electrons. The van der Waals surface area contributed by atoms with Gasteiger partial charge >= 0.3 is 0 Å². The highest BCUT2D eigenvalue weighted by molar-refractivity contribution is 8.00. The monoisotopic (exact) mass is 533 g/mol. The number of ether oxygens (including phenoxy) is 2. The van der Waals surface area contributed by atoms with E-state index < -0.39 is 0 Å². The fourth-order valence-electron chi connectivity index (χ4n) is 3.66. The van der Waals surface area contributed by atoms with E-state index in [2.05, 4.69) is 21.4 Å². The Kier molecular flexibility index (Phi) is 9.18. The zero-order chi connectivity index (χ0) is 26.0. The van der Waals surface area contributed by atoms with Crippen LogP contribution in [-0.4, -0.2) is 33.2 Å². The molecule has 4 aromatic carbocycles. The summed E-state index contributed by atoms with van der Waals surface area (Å²) in [5, 5.41) is 6.96. The van der Waals surface area contributed by atoms with Gasteiger partial charge in [0.1, 0.15) is 11.5 Å². The standard InChI is InChI=1S/C29H28ClN3O3S/c1-35-26-11-4-7-22(17-26)29(34)32-15-14-31-24-9-5-10-25(19-24)33-37-28-18-21(12-13-27(28)36-2)20-6-3-8-23(30)16-20/h3-13,16-19,31,33H,14-15H2,1-2H3,(H,32,34). The Morgan fingerprint density at radius 1 is 0.811 bits per heavy atom. The maximum Gasteiger partial charge on any atom is 0.251 e. The van der Waals surface area contributed by atoms with E-state index in [1.54, 1.807) is 32.4 Å². The number of carbonyl (C=O) groups excluding carboxylic acids is 1. The van der Waals surface area contributed by atoms with Gasteiger partial charge in [-0.3, -0.25) is 4.79 Å². The van der Waals surface area contributed by atoms with Gasteiger partial charge in [0.15, 0.2) is 0 Å². The lowest BCUT2D eigenvalue weighted by molar-refractivity contribution is 0.0955. The minimum Gasteiger partial charge on any atom is -0.497 e. The number of hydrogen-bond donors (Lipinski definition) is 3. The fraction of sp³-hybridized carbons (Fsp3) is 0.138. The van der Waals surface area contributed by atoms with Gasteiger partial charge in [0.25, 0.3) is 5.91 Å². The predicted molar refractivity (Wildman–Crippen MR) is 153 cm³/mol. The third kappa shape index (κ3) is 7.35. The Balaban J connectivity index is 1.32. The number of methoxy groups -OCH3 is 2. The molecule has 0 unspecified atom stereocenters. The van der Waals surface area contributed by atoms with Crippen molar-refractivity contribution >= 4 is 40.8 Å². The molecule has 0 spiro atoms. The van der Waals surface area contributed by atoms with Gasteiger partial charge in [0, 0.05) is 35.1 Å². The lowest BCUT2D eigenvalue weighted by atomic mass is 10.1. The summed E-state index contributed by atoms with van der Waals surface area (Å²) in [4.78, 5) is 13.3. The van der Waals surface area contributed by atoms with Crippen LogP contribution in [0.3, 0.4) is 0 Å². The first-order chi connectivity index (χ1) is 18.1. The second-order valence-corrected chi connectivity index (χ2v) is 9.36. The van der Waals surface area contributed by atoms with Crippen LogP contribution in [-0.2, 0) is 0 Å². The molecule has 0 radical (unpaired) electrons. The Bertz CT molecular complexity index is 1370. The molecule has 0 aliphatic rings. The van der Waals surface area contributed by atoms with Gasteiger partial charge in [-0.05, 0) is 83.7 Å². The van der Waals surface area contributed by atoms with Gasteiger partial charge in [0.2, 0.25) is 0 Å². The van der Waals surface area contributed by atoms with Gasteiger partial charge in [-0.25, -0.2) is 0 Å². The Labute approximate surface area is 226 Å². The lowest BCUT2D eigenvalue weighted by Crippen LogP contribution is -2.28. The molecule has 1 amide bonds. The summed E-state index contributed by atoms with van der Waals surface area (Å²) in [5.41, 5.74) is 4.55. The van der Waals surface area contributed by atoms with Crippen molar-refractivity contribution in [3.8, 4) is 22.6 Å². The minimum absolute atomic E-state index is 0.138. The Hall–Kier alpha value is -3.81. The first kappa shape index (κ1) is 26.3. The molecule has 0 saturated heterocycles. The minimum atomic E-state index is -0.138. The highest BCUT2D eigenvalue weighted by atomic mass is 35.5. The van der Waals surface area contributed by atoms with E-state index in [0.717, 1.165) is 33.1 Å². The van der Waals surface area contributed by atoms with E-state index in [-0.39, 0.29) is 5.91 Å². The maximum atomic E-state index is 12.4. The van der Waals surface area contributed by atoms with Gasteiger partial charge in [-0.15, -0.1) is 0 Å².